The Labute approximate surface area is 216 Å². The summed E-state index contributed by atoms with van der Waals surface area (Å²) in [6.07, 6.45) is 0.541. The van der Waals surface area contributed by atoms with Gasteiger partial charge in [0.1, 0.15) is 28.8 Å². The summed E-state index contributed by atoms with van der Waals surface area (Å²) in [5, 5.41) is 20.2. The van der Waals surface area contributed by atoms with Gasteiger partial charge in [-0.2, -0.15) is 8.78 Å². The van der Waals surface area contributed by atoms with E-state index in [1.54, 1.807) is 0 Å². The van der Waals surface area contributed by atoms with Crippen LogP contribution in [0.4, 0.5) is 32.0 Å². The van der Waals surface area contributed by atoms with Gasteiger partial charge >= 0.3 is 11.7 Å². The molecule has 1 saturated heterocycles. The Bertz CT molecular complexity index is 1430. The molecule has 3 aromatic rings. The third-order valence-corrected chi connectivity index (χ3v) is 6.19. The predicted octanol–water partition coefficient (Wildman–Crippen LogP) is 6.92. The minimum absolute atomic E-state index is 0.0870. The summed E-state index contributed by atoms with van der Waals surface area (Å²) in [4.78, 5) is 21.0. The topological polar surface area (TPSA) is 98.9 Å². The maximum atomic E-state index is 15.4. The van der Waals surface area contributed by atoms with Crippen LogP contribution in [0.3, 0.4) is 0 Å². The molecule has 0 aromatic heterocycles. The molecule has 39 heavy (non-hydrogen) atoms. The Balaban J connectivity index is 1.89. The zero-order valence-corrected chi connectivity index (χ0v) is 20.1. The molecule has 1 aliphatic heterocycles. The molecule has 7 nitrogen and oxygen atoms in total. The second kappa shape index (κ2) is 11.0. The van der Waals surface area contributed by atoms with Crippen molar-refractivity contribution in [3.63, 3.8) is 0 Å². The van der Waals surface area contributed by atoms with Gasteiger partial charge in [-0.3, -0.25) is 10.1 Å². The summed E-state index contributed by atoms with van der Waals surface area (Å²) in [6, 6.07) is 2.40. The van der Waals surface area contributed by atoms with Crippen LogP contribution >= 0.6 is 0 Å². The summed E-state index contributed by atoms with van der Waals surface area (Å²) in [6.45, 7) is 2.49. The smallest absolute Gasteiger partial charge is 0.341 e. The van der Waals surface area contributed by atoms with Crippen LogP contribution in [-0.2, 0) is 9.47 Å². The van der Waals surface area contributed by atoms with E-state index in [1.807, 2.05) is 6.92 Å². The summed E-state index contributed by atoms with van der Waals surface area (Å²) in [7, 11) is 0. The van der Waals surface area contributed by atoms with Crippen molar-refractivity contribution in [2.45, 2.75) is 26.1 Å². The Hall–Kier alpha value is -3.97. The van der Waals surface area contributed by atoms with Gasteiger partial charge in [0.15, 0.2) is 6.29 Å². The van der Waals surface area contributed by atoms with Gasteiger partial charge in [0.05, 0.1) is 23.7 Å². The molecule has 0 spiro atoms. The van der Waals surface area contributed by atoms with Crippen LogP contribution < -0.4 is 0 Å². The van der Waals surface area contributed by atoms with E-state index in [0.717, 1.165) is 25.0 Å². The maximum absolute atomic E-state index is 15.4. The minimum atomic E-state index is -2.12. The zero-order chi connectivity index (χ0) is 28.6. The Kier molecular flexibility index (Phi) is 7.93. The summed E-state index contributed by atoms with van der Waals surface area (Å²) >= 11 is 0. The Morgan fingerprint density at radius 3 is 1.97 bits per heavy atom. The number of nitro benzene ring substituents is 1. The number of benzene rings is 3. The van der Waals surface area contributed by atoms with Crippen molar-refractivity contribution in [1.82, 2.24) is 0 Å². The Morgan fingerprint density at radius 1 is 0.923 bits per heavy atom. The number of hydrogen-bond donors (Lipinski definition) is 1. The molecule has 0 atom stereocenters. The lowest BCUT2D eigenvalue weighted by molar-refractivity contribution is -0.390. The molecule has 0 unspecified atom stereocenters. The molecule has 0 radical (unpaired) electrons. The fraction of sp³-hybridized carbons (Fsp3) is 0.269. The van der Waals surface area contributed by atoms with Crippen molar-refractivity contribution in [2.75, 3.05) is 13.2 Å². The van der Waals surface area contributed by atoms with Crippen molar-refractivity contribution >= 4 is 11.7 Å². The molecule has 0 saturated carbocycles. The van der Waals surface area contributed by atoms with E-state index in [4.69, 9.17) is 9.47 Å². The molecule has 0 aliphatic carbocycles. The van der Waals surface area contributed by atoms with Crippen molar-refractivity contribution in [3.8, 4) is 22.3 Å². The molecular weight excluding hydrogens is 536 g/mol. The highest BCUT2D eigenvalue weighted by Crippen LogP contribution is 2.42. The molecule has 1 aliphatic rings. The van der Waals surface area contributed by atoms with Gasteiger partial charge in [-0.15, -0.1) is 0 Å². The second-order valence-electron chi connectivity index (χ2n) is 8.83. The lowest BCUT2D eigenvalue weighted by atomic mass is 9.90. The largest absolute Gasteiger partial charge is 0.477 e. The highest BCUT2D eigenvalue weighted by molar-refractivity contribution is 5.94. The van der Waals surface area contributed by atoms with Gasteiger partial charge < -0.3 is 14.6 Å². The van der Waals surface area contributed by atoms with E-state index in [0.29, 0.717) is 6.07 Å². The molecule has 0 bridgehead atoms. The molecule has 3 aromatic carbocycles. The average molecular weight is 555 g/mol. The molecule has 1 N–H and O–H groups in total. The van der Waals surface area contributed by atoms with Crippen LogP contribution in [0.5, 0.6) is 0 Å². The van der Waals surface area contributed by atoms with Gasteiger partial charge in [0.25, 0.3) is 0 Å². The number of nitro groups is 1. The van der Waals surface area contributed by atoms with E-state index < -0.39 is 85.6 Å². The number of halogens is 6. The first-order valence-electron chi connectivity index (χ1n) is 11.6. The number of hydrogen-bond acceptors (Lipinski definition) is 5. The quantitative estimate of drug-likeness (QED) is 0.193. The van der Waals surface area contributed by atoms with Gasteiger partial charge in [-0.05, 0) is 42.3 Å². The maximum Gasteiger partial charge on any atom is 0.341 e. The van der Waals surface area contributed by atoms with Crippen molar-refractivity contribution < 1.29 is 50.6 Å². The van der Waals surface area contributed by atoms with E-state index in [1.165, 1.54) is 0 Å². The summed E-state index contributed by atoms with van der Waals surface area (Å²) in [5.41, 5.74) is -7.22. The van der Waals surface area contributed by atoms with Gasteiger partial charge in [0, 0.05) is 22.6 Å². The molecule has 1 fully saturated rings. The van der Waals surface area contributed by atoms with E-state index in [2.05, 4.69) is 0 Å². The van der Waals surface area contributed by atoms with Crippen molar-refractivity contribution in [2.24, 2.45) is 5.92 Å². The van der Waals surface area contributed by atoms with Crippen molar-refractivity contribution in [1.29, 1.82) is 0 Å². The first-order valence-corrected chi connectivity index (χ1v) is 11.6. The van der Waals surface area contributed by atoms with E-state index in [9.17, 15) is 33.2 Å². The molecular formula is C26H19F6NO6. The van der Waals surface area contributed by atoms with E-state index in [-0.39, 0.29) is 36.8 Å². The number of rotatable bonds is 7. The van der Waals surface area contributed by atoms with Crippen LogP contribution in [0.2, 0.25) is 0 Å². The SMILES string of the molecule is CCCC1COC(c2cc(F)c(-c3cc(F)c(C(=O)O)c(F)c3-c3cc(F)c([N+](=O)[O-])c(F)c3)c(F)c2)OC1. The number of carboxylic acids is 1. The van der Waals surface area contributed by atoms with Crippen LogP contribution in [0.25, 0.3) is 22.3 Å². The van der Waals surface area contributed by atoms with Gasteiger partial charge in [-0.1, -0.05) is 13.3 Å². The number of aromatic carboxylic acids is 1. The highest BCUT2D eigenvalue weighted by Gasteiger charge is 2.31. The third kappa shape index (κ3) is 5.32. The number of carbonyl (C=O) groups is 1. The van der Waals surface area contributed by atoms with Crippen LogP contribution in [0.15, 0.2) is 30.3 Å². The Morgan fingerprint density at radius 2 is 1.49 bits per heavy atom. The highest BCUT2D eigenvalue weighted by atomic mass is 19.2. The second-order valence-corrected chi connectivity index (χ2v) is 8.83. The molecule has 206 valence electrons. The van der Waals surface area contributed by atoms with E-state index >= 15 is 13.2 Å². The van der Waals surface area contributed by atoms with Crippen LogP contribution in [0.1, 0.15) is 42.0 Å². The normalized spacial score (nSPS) is 17.3. The number of carboxylic acid groups (broad SMARTS) is 1. The monoisotopic (exact) mass is 555 g/mol. The first kappa shape index (κ1) is 28.0. The summed E-state index contributed by atoms with van der Waals surface area (Å²) in [5.74, 6) is -12.0. The van der Waals surface area contributed by atoms with Crippen LogP contribution in [0, 0.1) is 50.9 Å². The first-order chi connectivity index (χ1) is 18.4. The minimum Gasteiger partial charge on any atom is -0.477 e. The number of nitrogens with zero attached hydrogens (tertiary/aromatic N) is 1. The molecule has 1 heterocycles. The molecule has 4 rings (SSSR count). The zero-order valence-electron chi connectivity index (χ0n) is 20.1. The van der Waals surface area contributed by atoms with Crippen molar-refractivity contribution in [3.05, 3.63) is 86.5 Å². The average Bonchev–Trinajstić information content (AvgIpc) is 2.83. The summed E-state index contributed by atoms with van der Waals surface area (Å²) < 4.78 is 101. The van der Waals surface area contributed by atoms with Gasteiger partial charge in [-0.25, -0.2) is 22.4 Å². The number of ether oxygens (including phenoxy) is 2. The predicted molar refractivity (Wildman–Crippen MR) is 124 cm³/mol. The fourth-order valence-corrected chi connectivity index (χ4v) is 4.48. The van der Waals surface area contributed by atoms with Gasteiger partial charge in [0.2, 0.25) is 11.6 Å². The lowest BCUT2D eigenvalue weighted by Gasteiger charge is -2.29. The standard InChI is InChI=1S/C26H19F6NO6/c1-2-3-11-9-38-26(39-10-11)13-6-15(27)21(16(28)7-13)14-8-17(29)22(25(34)35)23(32)20(14)12-4-18(30)24(33(36)37)19(31)5-12/h4-8,11,26H,2-3,9-10H2,1H3,(H,34,35). The molecule has 13 heteroatoms. The lowest BCUT2D eigenvalue weighted by Crippen LogP contribution is -2.27. The third-order valence-electron chi connectivity index (χ3n) is 6.19. The molecule has 0 amide bonds. The van der Waals surface area contributed by atoms with Crippen LogP contribution in [-0.4, -0.2) is 29.2 Å². The fourth-order valence-electron chi connectivity index (χ4n) is 4.48.